The smallest absolute Gasteiger partial charge is 0.371 e. The van der Waals surface area contributed by atoms with Crippen molar-refractivity contribution >= 4 is 11.6 Å². The van der Waals surface area contributed by atoms with E-state index in [1.165, 1.54) is 6.07 Å². The molecule has 0 aromatic heterocycles. The van der Waals surface area contributed by atoms with Crippen molar-refractivity contribution < 1.29 is 17.9 Å². The van der Waals surface area contributed by atoms with Gasteiger partial charge < -0.3 is 10.1 Å². The largest absolute Gasteiger partial charge is 0.416 e. The number of hydrogen-bond donors (Lipinski definition) is 1. The molecule has 1 unspecified atom stereocenters. The maximum absolute atomic E-state index is 12.6. The Hall–Kier alpha value is -0.780. The number of halogens is 4. The number of morpholine rings is 1. The van der Waals surface area contributed by atoms with Crippen LogP contribution in [0.25, 0.3) is 0 Å². The van der Waals surface area contributed by atoms with Gasteiger partial charge in [0, 0.05) is 18.1 Å². The third-order valence-electron chi connectivity index (χ3n) is 2.55. The van der Waals surface area contributed by atoms with Gasteiger partial charge in [-0.05, 0) is 23.8 Å². The van der Waals surface area contributed by atoms with Crippen LogP contribution in [0.2, 0.25) is 5.02 Å². The summed E-state index contributed by atoms with van der Waals surface area (Å²) in [5, 5.41) is 3.13. The topological polar surface area (TPSA) is 21.3 Å². The predicted molar refractivity (Wildman–Crippen MR) is 58.0 cm³/mol. The molecule has 0 saturated carbocycles. The Balaban J connectivity index is 2.31. The molecule has 0 aliphatic carbocycles. The monoisotopic (exact) mass is 265 g/mol. The maximum Gasteiger partial charge on any atom is 0.416 e. The zero-order valence-electron chi connectivity index (χ0n) is 8.85. The van der Waals surface area contributed by atoms with E-state index in [0.717, 1.165) is 12.1 Å². The maximum atomic E-state index is 12.6. The Bertz CT molecular complexity index is 402. The highest BCUT2D eigenvalue weighted by molar-refractivity contribution is 6.30. The minimum Gasteiger partial charge on any atom is -0.371 e. The summed E-state index contributed by atoms with van der Waals surface area (Å²) in [6, 6.07) is 3.51. The molecular formula is C11H11ClF3NO. The summed E-state index contributed by atoms with van der Waals surface area (Å²) in [6.45, 7) is 1.69. The van der Waals surface area contributed by atoms with Gasteiger partial charge in [0.15, 0.2) is 0 Å². The molecule has 1 aromatic carbocycles. The lowest BCUT2D eigenvalue weighted by atomic mass is 10.0. The number of nitrogens with one attached hydrogen (secondary N) is 1. The first-order chi connectivity index (χ1) is 7.97. The lowest BCUT2D eigenvalue weighted by Gasteiger charge is -2.24. The minimum atomic E-state index is -4.39. The molecule has 0 amide bonds. The molecule has 2 rings (SSSR count). The summed E-state index contributed by atoms with van der Waals surface area (Å²) in [4.78, 5) is 0. The molecule has 0 radical (unpaired) electrons. The first-order valence-electron chi connectivity index (χ1n) is 5.17. The fraction of sp³-hybridized carbons (Fsp3) is 0.455. The second-order valence-electron chi connectivity index (χ2n) is 3.83. The second-order valence-corrected chi connectivity index (χ2v) is 4.27. The van der Waals surface area contributed by atoms with Gasteiger partial charge >= 0.3 is 6.18 Å². The van der Waals surface area contributed by atoms with Gasteiger partial charge in [0.1, 0.15) is 0 Å². The zero-order valence-corrected chi connectivity index (χ0v) is 9.61. The quantitative estimate of drug-likeness (QED) is 0.843. The fourth-order valence-corrected chi connectivity index (χ4v) is 1.98. The van der Waals surface area contributed by atoms with Crippen molar-refractivity contribution in [1.29, 1.82) is 0 Å². The SMILES string of the molecule is FC(F)(F)c1cc(Cl)cc(C2CNCCO2)c1. The van der Waals surface area contributed by atoms with Crippen molar-refractivity contribution in [2.45, 2.75) is 12.3 Å². The van der Waals surface area contributed by atoms with Crippen LogP contribution in [0.15, 0.2) is 18.2 Å². The van der Waals surface area contributed by atoms with Crippen molar-refractivity contribution in [1.82, 2.24) is 5.32 Å². The summed E-state index contributed by atoms with van der Waals surface area (Å²) in [6.07, 6.45) is -4.76. The van der Waals surface area contributed by atoms with Crippen LogP contribution in [0.3, 0.4) is 0 Å². The molecule has 1 atom stereocenters. The van der Waals surface area contributed by atoms with Crippen LogP contribution in [0.5, 0.6) is 0 Å². The third-order valence-corrected chi connectivity index (χ3v) is 2.77. The molecule has 0 spiro atoms. The van der Waals surface area contributed by atoms with Gasteiger partial charge in [0.05, 0.1) is 18.3 Å². The number of benzene rings is 1. The molecule has 1 aliphatic rings. The van der Waals surface area contributed by atoms with Gasteiger partial charge in [-0.25, -0.2) is 0 Å². The summed E-state index contributed by atoms with van der Waals surface area (Å²) in [5.74, 6) is 0. The highest BCUT2D eigenvalue weighted by Gasteiger charge is 2.32. The lowest BCUT2D eigenvalue weighted by molar-refractivity contribution is -0.137. The van der Waals surface area contributed by atoms with Gasteiger partial charge in [0.2, 0.25) is 0 Å². The Morgan fingerprint density at radius 2 is 2.06 bits per heavy atom. The van der Waals surface area contributed by atoms with E-state index in [1.54, 1.807) is 0 Å². The first-order valence-corrected chi connectivity index (χ1v) is 5.54. The average molecular weight is 266 g/mol. The normalized spacial score (nSPS) is 21.5. The molecule has 1 fully saturated rings. The third kappa shape index (κ3) is 3.12. The van der Waals surface area contributed by atoms with E-state index in [9.17, 15) is 13.2 Å². The van der Waals surface area contributed by atoms with Crippen LogP contribution in [-0.4, -0.2) is 19.7 Å². The van der Waals surface area contributed by atoms with E-state index in [1.807, 2.05) is 0 Å². The van der Waals surface area contributed by atoms with E-state index in [-0.39, 0.29) is 11.1 Å². The van der Waals surface area contributed by atoms with Crippen molar-refractivity contribution in [3.63, 3.8) is 0 Å². The van der Waals surface area contributed by atoms with Crippen molar-refractivity contribution in [2.75, 3.05) is 19.7 Å². The summed E-state index contributed by atoms with van der Waals surface area (Å²) >= 11 is 5.70. The van der Waals surface area contributed by atoms with E-state index in [2.05, 4.69) is 5.32 Å². The Morgan fingerprint density at radius 1 is 1.29 bits per heavy atom. The molecule has 1 aliphatic heterocycles. The highest BCUT2D eigenvalue weighted by atomic mass is 35.5. The first kappa shape index (κ1) is 12.7. The van der Waals surface area contributed by atoms with Crippen LogP contribution >= 0.6 is 11.6 Å². The molecule has 2 nitrogen and oxygen atoms in total. The van der Waals surface area contributed by atoms with Crippen LogP contribution in [0.4, 0.5) is 13.2 Å². The molecule has 17 heavy (non-hydrogen) atoms. The van der Waals surface area contributed by atoms with Gasteiger partial charge in [-0.2, -0.15) is 13.2 Å². The van der Waals surface area contributed by atoms with Crippen LogP contribution < -0.4 is 5.32 Å². The molecule has 1 saturated heterocycles. The molecule has 1 aromatic rings. The minimum absolute atomic E-state index is 0.0731. The molecule has 6 heteroatoms. The number of ether oxygens (including phenoxy) is 1. The predicted octanol–water partition coefficient (Wildman–Crippen LogP) is 3.02. The van der Waals surface area contributed by atoms with Gasteiger partial charge in [-0.3, -0.25) is 0 Å². The number of alkyl halides is 3. The molecule has 1 N–H and O–H groups in total. The van der Waals surface area contributed by atoms with Crippen molar-refractivity contribution in [3.8, 4) is 0 Å². The Morgan fingerprint density at radius 3 is 2.65 bits per heavy atom. The summed E-state index contributed by atoms with van der Waals surface area (Å²) in [5.41, 5.74) is -0.286. The average Bonchev–Trinajstić information content (AvgIpc) is 2.28. The van der Waals surface area contributed by atoms with Crippen LogP contribution in [0.1, 0.15) is 17.2 Å². The molecular weight excluding hydrogens is 255 g/mol. The Kier molecular flexibility index (Phi) is 3.61. The van der Waals surface area contributed by atoms with Gasteiger partial charge in [-0.15, -0.1) is 0 Å². The van der Waals surface area contributed by atoms with E-state index >= 15 is 0 Å². The standard InChI is InChI=1S/C11H11ClF3NO/c12-9-4-7(10-6-16-1-2-17-10)3-8(5-9)11(13,14)15/h3-5,10,16H,1-2,6H2. The molecule has 94 valence electrons. The van der Waals surface area contributed by atoms with Crippen LogP contribution in [-0.2, 0) is 10.9 Å². The van der Waals surface area contributed by atoms with Gasteiger partial charge in [0.25, 0.3) is 0 Å². The Labute approximate surface area is 102 Å². The number of rotatable bonds is 1. The molecule has 0 bridgehead atoms. The van der Waals surface area contributed by atoms with E-state index in [0.29, 0.717) is 25.3 Å². The summed E-state index contributed by atoms with van der Waals surface area (Å²) in [7, 11) is 0. The lowest BCUT2D eigenvalue weighted by Crippen LogP contribution is -2.33. The number of hydrogen-bond acceptors (Lipinski definition) is 2. The van der Waals surface area contributed by atoms with Crippen molar-refractivity contribution in [2.24, 2.45) is 0 Å². The fourth-order valence-electron chi connectivity index (χ4n) is 1.74. The van der Waals surface area contributed by atoms with Crippen LogP contribution in [0, 0.1) is 0 Å². The van der Waals surface area contributed by atoms with Gasteiger partial charge in [-0.1, -0.05) is 11.6 Å². The summed E-state index contributed by atoms with van der Waals surface area (Å²) < 4.78 is 43.2. The highest BCUT2D eigenvalue weighted by Crippen LogP contribution is 2.34. The van der Waals surface area contributed by atoms with E-state index in [4.69, 9.17) is 16.3 Å². The van der Waals surface area contributed by atoms with E-state index < -0.39 is 11.7 Å². The van der Waals surface area contributed by atoms with Crippen molar-refractivity contribution in [3.05, 3.63) is 34.3 Å². The molecule has 1 heterocycles. The zero-order chi connectivity index (χ0) is 12.5. The second kappa shape index (κ2) is 4.84.